The van der Waals surface area contributed by atoms with Crippen LogP contribution >= 0.6 is 0 Å². The van der Waals surface area contributed by atoms with Crippen LogP contribution < -0.4 is 4.90 Å². The third-order valence-corrected chi connectivity index (χ3v) is 9.86. The monoisotopic (exact) mass is 653 g/mol. The summed E-state index contributed by atoms with van der Waals surface area (Å²) in [6.07, 6.45) is 0. The molecule has 240 valence electrons. The van der Waals surface area contributed by atoms with Gasteiger partial charge in [-0.25, -0.2) is 0 Å². The number of hydrogen-bond acceptors (Lipinski definition) is 3. The maximum atomic E-state index is 6.36. The van der Waals surface area contributed by atoms with Crippen molar-refractivity contribution in [3.8, 4) is 33.4 Å². The molecule has 8 aromatic carbocycles. The van der Waals surface area contributed by atoms with Gasteiger partial charge in [-0.1, -0.05) is 121 Å². The van der Waals surface area contributed by atoms with Crippen LogP contribution in [-0.2, 0) is 0 Å². The second-order valence-corrected chi connectivity index (χ2v) is 12.9. The van der Waals surface area contributed by atoms with Crippen molar-refractivity contribution >= 4 is 60.9 Å². The van der Waals surface area contributed by atoms with E-state index in [1.54, 1.807) is 0 Å². The molecule has 10 aromatic rings. The third-order valence-electron chi connectivity index (χ3n) is 9.86. The molecule has 0 aliphatic rings. The molecule has 3 heteroatoms. The molecular weight excluding hydrogens is 623 g/mol. The Balaban J connectivity index is 1.11. The summed E-state index contributed by atoms with van der Waals surface area (Å²) in [6, 6.07) is 66.3. The number of rotatable bonds is 6. The SMILES string of the molecule is c1ccc(-c2cccc(-c3cccc(N(c4ccc(-c5ccc6oc7ccccc7c6c5)cc4)c4cccc5oc6ccccc6c45)c3)c2)cc1. The van der Waals surface area contributed by atoms with Gasteiger partial charge in [0.15, 0.2) is 0 Å². The summed E-state index contributed by atoms with van der Waals surface area (Å²) in [5.41, 5.74) is 13.7. The van der Waals surface area contributed by atoms with Crippen LogP contribution in [0, 0.1) is 0 Å². The smallest absolute Gasteiger partial charge is 0.137 e. The molecule has 10 rings (SSSR count). The molecule has 0 unspecified atom stereocenters. The predicted octanol–water partition coefficient (Wildman–Crippen LogP) is 14.0. The molecule has 3 nitrogen and oxygen atoms in total. The number of hydrogen-bond donors (Lipinski definition) is 0. The Morgan fingerprint density at radius 2 is 0.824 bits per heavy atom. The number of anilines is 3. The van der Waals surface area contributed by atoms with Crippen molar-refractivity contribution in [2.75, 3.05) is 4.90 Å². The largest absolute Gasteiger partial charge is 0.456 e. The van der Waals surface area contributed by atoms with E-state index in [4.69, 9.17) is 8.83 Å². The van der Waals surface area contributed by atoms with Crippen LogP contribution in [0.4, 0.5) is 17.1 Å². The third kappa shape index (κ3) is 5.06. The van der Waals surface area contributed by atoms with E-state index in [9.17, 15) is 0 Å². The summed E-state index contributed by atoms with van der Waals surface area (Å²) >= 11 is 0. The lowest BCUT2D eigenvalue weighted by atomic mass is 9.98. The maximum Gasteiger partial charge on any atom is 0.137 e. The van der Waals surface area contributed by atoms with Crippen molar-refractivity contribution in [1.29, 1.82) is 0 Å². The second-order valence-electron chi connectivity index (χ2n) is 12.9. The van der Waals surface area contributed by atoms with E-state index in [-0.39, 0.29) is 0 Å². The Kier molecular flexibility index (Phi) is 6.81. The number of para-hydroxylation sites is 2. The van der Waals surface area contributed by atoms with Crippen molar-refractivity contribution < 1.29 is 8.83 Å². The molecule has 0 saturated heterocycles. The molecule has 0 N–H and O–H groups in total. The fraction of sp³-hybridized carbons (Fsp3) is 0. The first-order chi connectivity index (χ1) is 25.3. The first kappa shape index (κ1) is 29.1. The average Bonchev–Trinajstić information content (AvgIpc) is 3.77. The molecule has 0 saturated carbocycles. The summed E-state index contributed by atoms with van der Waals surface area (Å²) in [4.78, 5) is 2.35. The topological polar surface area (TPSA) is 29.5 Å². The molecule has 0 aliphatic heterocycles. The van der Waals surface area contributed by atoms with Crippen molar-refractivity contribution in [3.63, 3.8) is 0 Å². The van der Waals surface area contributed by atoms with Gasteiger partial charge < -0.3 is 13.7 Å². The number of furan rings is 2. The Labute approximate surface area is 295 Å². The van der Waals surface area contributed by atoms with E-state index in [1.807, 2.05) is 24.3 Å². The van der Waals surface area contributed by atoms with Gasteiger partial charge in [-0.15, -0.1) is 0 Å². The Bertz CT molecular complexity index is 2860. The second kappa shape index (κ2) is 11.9. The van der Waals surface area contributed by atoms with Gasteiger partial charge in [-0.2, -0.15) is 0 Å². The van der Waals surface area contributed by atoms with Gasteiger partial charge in [-0.3, -0.25) is 0 Å². The zero-order chi connectivity index (χ0) is 33.7. The quantitative estimate of drug-likeness (QED) is 0.179. The highest BCUT2D eigenvalue weighted by Gasteiger charge is 2.20. The van der Waals surface area contributed by atoms with Gasteiger partial charge in [-0.05, 0) is 100 Å². The molecular formula is C48H31NO2. The van der Waals surface area contributed by atoms with Gasteiger partial charge in [0.1, 0.15) is 22.3 Å². The molecule has 0 spiro atoms. The molecule has 0 bridgehead atoms. The number of fused-ring (bicyclic) bond motifs is 6. The molecule has 2 aromatic heterocycles. The van der Waals surface area contributed by atoms with Crippen LogP contribution in [0.5, 0.6) is 0 Å². The normalized spacial score (nSPS) is 11.5. The highest BCUT2D eigenvalue weighted by molar-refractivity contribution is 6.13. The van der Waals surface area contributed by atoms with Gasteiger partial charge in [0.05, 0.1) is 11.1 Å². The molecule has 2 heterocycles. The van der Waals surface area contributed by atoms with E-state index in [0.717, 1.165) is 77.6 Å². The minimum absolute atomic E-state index is 0.864. The van der Waals surface area contributed by atoms with Crippen LogP contribution in [0.3, 0.4) is 0 Å². The maximum absolute atomic E-state index is 6.36. The van der Waals surface area contributed by atoms with E-state index in [0.29, 0.717) is 0 Å². The molecule has 0 fully saturated rings. The lowest BCUT2D eigenvalue weighted by Crippen LogP contribution is -2.10. The molecule has 0 amide bonds. The summed E-state index contributed by atoms with van der Waals surface area (Å²) in [5, 5.41) is 4.44. The first-order valence-electron chi connectivity index (χ1n) is 17.2. The first-order valence-corrected chi connectivity index (χ1v) is 17.2. The molecule has 0 atom stereocenters. The number of nitrogens with zero attached hydrogens (tertiary/aromatic N) is 1. The molecule has 0 radical (unpaired) electrons. The van der Waals surface area contributed by atoms with Crippen LogP contribution in [0.15, 0.2) is 197 Å². The standard InChI is InChI=1S/C48H31NO2/c1-2-11-32(12-3-1)34-13-8-14-35(29-34)36-15-9-16-39(30-36)49(43-19-10-22-47-48(43)41-18-5-7-21-45(41)51-47)38-26-23-33(24-27-38)37-25-28-46-42(31-37)40-17-4-6-20-44(40)50-46/h1-31H. The lowest BCUT2D eigenvalue weighted by molar-refractivity contribution is 0.668. The summed E-state index contributed by atoms with van der Waals surface area (Å²) < 4.78 is 12.5. The Hall–Kier alpha value is -6.84. The van der Waals surface area contributed by atoms with Crippen molar-refractivity contribution in [2.24, 2.45) is 0 Å². The van der Waals surface area contributed by atoms with Gasteiger partial charge in [0.2, 0.25) is 0 Å². The summed E-state index contributed by atoms with van der Waals surface area (Å²) in [6.45, 7) is 0. The van der Waals surface area contributed by atoms with Gasteiger partial charge >= 0.3 is 0 Å². The highest BCUT2D eigenvalue weighted by Crippen LogP contribution is 2.44. The van der Waals surface area contributed by atoms with Crippen molar-refractivity contribution in [1.82, 2.24) is 0 Å². The van der Waals surface area contributed by atoms with E-state index in [2.05, 4.69) is 169 Å². The fourth-order valence-electron chi connectivity index (χ4n) is 7.41. The zero-order valence-corrected chi connectivity index (χ0v) is 27.7. The Morgan fingerprint density at radius 1 is 0.294 bits per heavy atom. The number of benzene rings is 8. The minimum atomic E-state index is 0.864. The van der Waals surface area contributed by atoms with Crippen molar-refractivity contribution in [3.05, 3.63) is 188 Å². The van der Waals surface area contributed by atoms with Crippen LogP contribution in [0.2, 0.25) is 0 Å². The van der Waals surface area contributed by atoms with E-state index < -0.39 is 0 Å². The highest BCUT2D eigenvalue weighted by atomic mass is 16.3. The molecule has 0 aliphatic carbocycles. The average molecular weight is 654 g/mol. The predicted molar refractivity (Wildman–Crippen MR) is 212 cm³/mol. The van der Waals surface area contributed by atoms with E-state index >= 15 is 0 Å². The lowest BCUT2D eigenvalue weighted by Gasteiger charge is -2.27. The summed E-state index contributed by atoms with van der Waals surface area (Å²) in [5.74, 6) is 0. The van der Waals surface area contributed by atoms with Gasteiger partial charge in [0, 0.05) is 27.5 Å². The van der Waals surface area contributed by atoms with Crippen LogP contribution in [0.1, 0.15) is 0 Å². The van der Waals surface area contributed by atoms with Crippen LogP contribution in [-0.4, -0.2) is 0 Å². The fourth-order valence-corrected chi connectivity index (χ4v) is 7.41. The van der Waals surface area contributed by atoms with E-state index in [1.165, 1.54) is 16.7 Å². The zero-order valence-electron chi connectivity index (χ0n) is 27.7. The Morgan fingerprint density at radius 3 is 1.65 bits per heavy atom. The molecule has 51 heavy (non-hydrogen) atoms. The van der Waals surface area contributed by atoms with Gasteiger partial charge in [0.25, 0.3) is 0 Å². The van der Waals surface area contributed by atoms with Crippen molar-refractivity contribution in [2.45, 2.75) is 0 Å². The summed E-state index contributed by atoms with van der Waals surface area (Å²) in [7, 11) is 0. The van der Waals surface area contributed by atoms with Crippen LogP contribution in [0.25, 0.3) is 77.3 Å². The minimum Gasteiger partial charge on any atom is -0.456 e.